The smallest absolute Gasteiger partial charge is 0.0636 e. The summed E-state index contributed by atoms with van der Waals surface area (Å²) >= 11 is 0. The van der Waals surface area contributed by atoms with Crippen molar-refractivity contribution in [3.8, 4) is 0 Å². The highest BCUT2D eigenvalue weighted by Crippen LogP contribution is 2.66. The number of hydrogen-bond acceptors (Lipinski definition) is 2. The summed E-state index contributed by atoms with van der Waals surface area (Å²) in [6, 6.07) is 0. The van der Waals surface area contributed by atoms with Crippen LogP contribution in [-0.4, -0.2) is 25.8 Å². The largest absolute Gasteiger partial charge is 0.378 e. The molecule has 1 N–H and O–H groups in total. The molecule has 3 fully saturated rings. The zero-order valence-electron chi connectivity index (χ0n) is 13.0. The van der Waals surface area contributed by atoms with Gasteiger partial charge in [0.15, 0.2) is 0 Å². The zero-order chi connectivity index (χ0) is 13.5. The van der Waals surface area contributed by atoms with E-state index in [2.05, 4.69) is 26.1 Å². The Labute approximate surface area is 118 Å². The van der Waals surface area contributed by atoms with Gasteiger partial charge in [0, 0.05) is 6.61 Å². The van der Waals surface area contributed by atoms with E-state index in [1.165, 1.54) is 51.6 Å². The molecule has 0 spiro atoms. The minimum Gasteiger partial charge on any atom is -0.378 e. The number of piperidine rings is 1. The van der Waals surface area contributed by atoms with Gasteiger partial charge in [-0.3, -0.25) is 0 Å². The van der Waals surface area contributed by atoms with Gasteiger partial charge in [-0.25, -0.2) is 0 Å². The molecule has 0 aromatic rings. The molecule has 3 rings (SSSR count). The molecule has 1 heterocycles. The summed E-state index contributed by atoms with van der Waals surface area (Å²) in [5.74, 6) is 1.81. The summed E-state index contributed by atoms with van der Waals surface area (Å²) in [6.45, 7) is 10.8. The normalized spacial score (nSPS) is 41.8. The molecule has 3 unspecified atom stereocenters. The highest BCUT2D eigenvalue weighted by atomic mass is 16.5. The zero-order valence-corrected chi connectivity index (χ0v) is 13.0. The van der Waals surface area contributed by atoms with Crippen LogP contribution >= 0.6 is 0 Å². The number of fused-ring (bicyclic) bond motifs is 2. The Hall–Kier alpha value is -0.0800. The molecule has 1 saturated heterocycles. The summed E-state index contributed by atoms with van der Waals surface area (Å²) < 4.78 is 6.36. The minimum atomic E-state index is 0.436. The third kappa shape index (κ3) is 2.25. The van der Waals surface area contributed by atoms with E-state index in [0.717, 1.165) is 18.4 Å². The van der Waals surface area contributed by atoms with E-state index < -0.39 is 0 Å². The summed E-state index contributed by atoms with van der Waals surface area (Å²) in [5, 5.41) is 3.44. The van der Waals surface area contributed by atoms with Gasteiger partial charge in [-0.05, 0) is 74.3 Å². The topological polar surface area (TPSA) is 21.3 Å². The first-order valence-corrected chi connectivity index (χ1v) is 8.36. The molecule has 2 saturated carbocycles. The van der Waals surface area contributed by atoms with Crippen LogP contribution in [0.1, 0.15) is 59.3 Å². The van der Waals surface area contributed by atoms with Crippen molar-refractivity contribution in [1.29, 1.82) is 0 Å². The monoisotopic (exact) mass is 265 g/mol. The standard InChI is InChI=1S/C17H31NO/c1-16(2)14-4-8-17(16,3)15(12-14)19-11-7-13-5-9-18-10-6-13/h13-15,18H,4-12H2,1-3H3. The molecule has 2 nitrogen and oxygen atoms in total. The van der Waals surface area contributed by atoms with Crippen molar-refractivity contribution in [3.05, 3.63) is 0 Å². The molecule has 2 aliphatic carbocycles. The van der Waals surface area contributed by atoms with Crippen molar-refractivity contribution < 1.29 is 4.74 Å². The maximum Gasteiger partial charge on any atom is 0.0636 e. The van der Waals surface area contributed by atoms with Crippen LogP contribution in [0, 0.1) is 22.7 Å². The Morgan fingerprint density at radius 1 is 1.11 bits per heavy atom. The average Bonchev–Trinajstić information content (AvgIpc) is 2.73. The van der Waals surface area contributed by atoms with Crippen molar-refractivity contribution in [2.75, 3.05) is 19.7 Å². The van der Waals surface area contributed by atoms with Gasteiger partial charge in [0.05, 0.1) is 6.10 Å². The fourth-order valence-electron chi connectivity index (χ4n) is 4.93. The lowest BCUT2D eigenvalue weighted by Gasteiger charge is -2.39. The molecule has 0 radical (unpaired) electrons. The molecule has 2 bridgehead atoms. The predicted molar refractivity (Wildman–Crippen MR) is 79.2 cm³/mol. The molecule has 0 aromatic heterocycles. The van der Waals surface area contributed by atoms with Gasteiger partial charge in [0.25, 0.3) is 0 Å². The maximum atomic E-state index is 6.36. The maximum absolute atomic E-state index is 6.36. The highest BCUT2D eigenvalue weighted by molar-refractivity contribution is 5.11. The van der Waals surface area contributed by atoms with Crippen LogP contribution in [0.4, 0.5) is 0 Å². The molecule has 19 heavy (non-hydrogen) atoms. The minimum absolute atomic E-state index is 0.436. The van der Waals surface area contributed by atoms with Gasteiger partial charge in [-0.2, -0.15) is 0 Å². The first-order valence-electron chi connectivity index (χ1n) is 8.36. The number of rotatable bonds is 4. The van der Waals surface area contributed by atoms with E-state index in [0.29, 0.717) is 16.9 Å². The number of ether oxygens (including phenoxy) is 1. The number of hydrogen-bond donors (Lipinski definition) is 1. The van der Waals surface area contributed by atoms with E-state index >= 15 is 0 Å². The van der Waals surface area contributed by atoms with Gasteiger partial charge in [0.1, 0.15) is 0 Å². The van der Waals surface area contributed by atoms with Crippen molar-refractivity contribution in [2.45, 2.75) is 65.4 Å². The second-order valence-corrected chi connectivity index (χ2v) is 7.95. The Balaban J connectivity index is 1.49. The van der Waals surface area contributed by atoms with E-state index in [-0.39, 0.29) is 0 Å². The van der Waals surface area contributed by atoms with Crippen LogP contribution in [0.2, 0.25) is 0 Å². The van der Waals surface area contributed by atoms with Crippen molar-refractivity contribution >= 4 is 0 Å². The molecule has 1 aliphatic heterocycles. The molecule has 2 heteroatoms. The van der Waals surface area contributed by atoms with Crippen LogP contribution in [-0.2, 0) is 4.74 Å². The lowest BCUT2D eigenvalue weighted by atomic mass is 9.70. The van der Waals surface area contributed by atoms with Crippen LogP contribution in [0.3, 0.4) is 0 Å². The second-order valence-electron chi connectivity index (χ2n) is 7.95. The predicted octanol–water partition coefficient (Wildman–Crippen LogP) is 3.61. The van der Waals surface area contributed by atoms with E-state index in [9.17, 15) is 0 Å². The van der Waals surface area contributed by atoms with E-state index in [1.54, 1.807) is 0 Å². The molecule has 0 amide bonds. The Morgan fingerprint density at radius 3 is 2.42 bits per heavy atom. The molecule has 3 atom stereocenters. The van der Waals surface area contributed by atoms with Crippen molar-refractivity contribution in [1.82, 2.24) is 5.32 Å². The quantitative estimate of drug-likeness (QED) is 0.838. The van der Waals surface area contributed by atoms with Crippen LogP contribution in [0.5, 0.6) is 0 Å². The lowest BCUT2D eigenvalue weighted by Crippen LogP contribution is -2.37. The first-order chi connectivity index (χ1) is 9.04. The van der Waals surface area contributed by atoms with Gasteiger partial charge in [-0.1, -0.05) is 20.8 Å². The van der Waals surface area contributed by atoms with Gasteiger partial charge >= 0.3 is 0 Å². The van der Waals surface area contributed by atoms with Crippen LogP contribution in [0.25, 0.3) is 0 Å². The SMILES string of the molecule is CC1(C)C2CCC1(C)C(OCCC1CCNCC1)C2. The van der Waals surface area contributed by atoms with Gasteiger partial charge in [0.2, 0.25) is 0 Å². The van der Waals surface area contributed by atoms with E-state index in [4.69, 9.17) is 4.74 Å². The first kappa shape index (κ1) is 13.9. The second kappa shape index (κ2) is 5.04. The molecule has 3 aliphatic rings. The van der Waals surface area contributed by atoms with Crippen LogP contribution < -0.4 is 5.32 Å². The Bertz CT molecular complexity index is 321. The molecular formula is C17H31NO. The summed E-state index contributed by atoms with van der Waals surface area (Å²) in [6.07, 6.45) is 8.62. The summed E-state index contributed by atoms with van der Waals surface area (Å²) in [7, 11) is 0. The highest BCUT2D eigenvalue weighted by Gasteiger charge is 2.61. The van der Waals surface area contributed by atoms with Gasteiger partial charge < -0.3 is 10.1 Å². The van der Waals surface area contributed by atoms with Crippen molar-refractivity contribution in [2.24, 2.45) is 22.7 Å². The molecule has 110 valence electrons. The van der Waals surface area contributed by atoms with Crippen molar-refractivity contribution in [3.63, 3.8) is 0 Å². The third-order valence-electron chi connectivity index (χ3n) is 7.02. The van der Waals surface area contributed by atoms with Crippen LogP contribution in [0.15, 0.2) is 0 Å². The fourth-order valence-corrected chi connectivity index (χ4v) is 4.93. The van der Waals surface area contributed by atoms with E-state index in [1.807, 2.05) is 0 Å². The average molecular weight is 265 g/mol. The lowest BCUT2D eigenvalue weighted by molar-refractivity contribution is -0.0508. The number of nitrogens with one attached hydrogen (secondary N) is 1. The fraction of sp³-hybridized carbons (Fsp3) is 1.00. The Kier molecular flexibility index (Phi) is 3.68. The Morgan fingerprint density at radius 2 is 1.84 bits per heavy atom. The summed E-state index contributed by atoms with van der Waals surface area (Å²) in [5.41, 5.74) is 0.929. The van der Waals surface area contributed by atoms with Gasteiger partial charge in [-0.15, -0.1) is 0 Å². The summed E-state index contributed by atoms with van der Waals surface area (Å²) in [4.78, 5) is 0. The molecular weight excluding hydrogens is 234 g/mol. The molecule has 0 aromatic carbocycles. The third-order valence-corrected chi connectivity index (χ3v) is 7.02.